The number of nitrogens with one attached hydrogen (secondary N) is 1. The van der Waals surface area contributed by atoms with Crippen LogP contribution < -0.4 is 0 Å². The van der Waals surface area contributed by atoms with Crippen LogP contribution in [0.15, 0.2) is 47.8 Å². The van der Waals surface area contributed by atoms with E-state index in [4.69, 9.17) is 35.4 Å². The van der Waals surface area contributed by atoms with Gasteiger partial charge in [-0.25, -0.2) is 5.10 Å². The van der Waals surface area contributed by atoms with E-state index < -0.39 is 0 Å². The first kappa shape index (κ1) is 14.9. The van der Waals surface area contributed by atoms with Crippen molar-refractivity contribution in [1.82, 2.24) is 19.9 Å². The first-order valence-corrected chi connectivity index (χ1v) is 7.39. The van der Waals surface area contributed by atoms with Crippen molar-refractivity contribution >= 4 is 41.6 Å². The topological polar surface area (TPSA) is 58.9 Å². The van der Waals surface area contributed by atoms with Gasteiger partial charge < -0.3 is 0 Å². The predicted octanol–water partition coefficient (Wildman–Crippen LogP) is 4.19. The summed E-state index contributed by atoms with van der Waals surface area (Å²) in [6, 6.07) is 8.94. The molecule has 0 atom stereocenters. The molecule has 0 aliphatic rings. The van der Waals surface area contributed by atoms with E-state index in [1.165, 1.54) is 4.68 Å². The SMILES string of the molecule is S=c1[nH]nc(-c2cccnc2)n1/N=C\c1ccc(Cl)c(Cl)c1. The van der Waals surface area contributed by atoms with E-state index in [9.17, 15) is 0 Å². The number of hydrogen-bond donors (Lipinski definition) is 1. The Bertz CT molecular complexity index is 886. The van der Waals surface area contributed by atoms with E-state index >= 15 is 0 Å². The highest BCUT2D eigenvalue weighted by Gasteiger charge is 2.07. The molecule has 110 valence electrons. The summed E-state index contributed by atoms with van der Waals surface area (Å²) in [7, 11) is 0. The molecule has 0 bridgehead atoms. The molecule has 0 saturated heterocycles. The van der Waals surface area contributed by atoms with E-state index in [1.54, 1.807) is 30.7 Å². The molecule has 0 spiro atoms. The van der Waals surface area contributed by atoms with Crippen LogP contribution in [0.1, 0.15) is 5.56 Å². The molecule has 2 aromatic heterocycles. The summed E-state index contributed by atoms with van der Waals surface area (Å²) in [5.74, 6) is 0.578. The predicted molar refractivity (Wildman–Crippen MR) is 90.1 cm³/mol. The second-order valence-corrected chi connectivity index (χ2v) is 5.53. The molecule has 5 nitrogen and oxygen atoms in total. The Hall–Kier alpha value is -2.02. The largest absolute Gasteiger partial charge is 0.264 e. The molecule has 3 aromatic rings. The van der Waals surface area contributed by atoms with Crippen molar-refractivity contribution in [3.63, 3.8) is 0 Å². The van der Waals surface area contributed by atoms with Gasteiger partial charge in [0, 0.05) is 18.0 Å². The molecular formula is C14H9Cl2N5S. The van der Waals surface area contributed by atoms with Gasteiger partial charge in [0.25, 0.3) is 0 Å². The summed E-state index contributed by atoms with van der Waals surface area (Å²) in [5, 5.41) is 12.2. The molecular weight excluding hydrogens is 341 g/mol. The molecule has 0 unspecified atom stereocenters. The summed E-state index contributed by atoms with van der Waals surface area (Å²) < 4.78 is 1.91. The third-order valence-electron chi connectivity index (χ3n) is 2.84. The van der Waals surface area contributed by atoms with Gasteiger partial charge in [-0.15, -0.1) is 0 Å². The lowest BCUT2D eigenvalue weighted by molar-refractivity contribution is 0.871. The Morgan fingerprint density at radius 1 is 1.23 bits per heavy atom. The van der Waals surface area contributed by atoms with Gasteiger partial charge in [-0.2, -0.15) is 14.9 Å². The zero-order chi connectivity index (χ0) is 15.5. The van der Waals surface area contributed by atoms with Crippen molar-refractivity contribution in [2.45, 2.75) is 0 Å². The molecule has 0 fully saturated rings. The highest BCUT2D eigenvalue weighted by atomic mass is 35.5. The van der Waals surface area contributed by atoms with Crippen molar-refractivity contribution in [3.05, 3.63) is 63.1 Å². The third-order valence-corrected chi connectivity index (χ3v) is 3.84. The number of aromatic nitrogens is 4. The van der Waals surface area contributed by atoms with Crippen LogP contribution >= 0.6 is 35.4 Å². The van der Waals surface area contributed by atoms with Gasteiger partial charge in [0.1, 0.15) is 0 Å². The van der Waals surface area contributed by atoms with Crippen molar-refractivity contribution in [3.8, 4) is 11.4 Å². The number of rotatable bonds is 3. The van der Waals surface area contributed by atoms with Crippen molar-refractivity contribution in [2.24, 2.45) is 5.10 Å². The summed E-state index contributed by atoms with van der Waals surface area (Å²) in [6.45, 7) is 0. The molecule has 3 rings (SSSR count). The molecule has 0 aliphatic carbocycles. The molecule has 0 aliphatic heterocycles. The molecule has 22 heavy (non-hydrogen) atoms. The highest BCUT2D eigenvalue weighted by molar-refractivity contribution is 7.71. The fourth-order valence-corrected chi connectivity index (χ4v) is 2.28. The molecule has 1 N–H and O–H groups in total. The van der Waals surface area contributed by atoms with Gasteiger partial charge in [0.15, 0.2) is 5.82 Å². The van der Waals surface area contributed by atoms with Gasteiger partial charge >= 0.3 is 0 Å². The summed E-state index contributed by atoms with van der Waals surface area (Å²) in [5.41, 5.74) is 1.61. The van der Waals surface area contributed by atoms with E-state index in [-0.39, 0.29) is 0 Å². The number of aromatic amines is 1. The van der Waals surface area contributed by atoms with E-state index in [1.807, 2.05) is 18.2 Å². The van der Waals surface area contributed by atoms with Crippen LogP contribution in [0.3, 0.4) is 0 Å². The van der Waals surface area contributed by atoms with E-state index in [2.05, 4.69) is 20.3 Å². The highest BCUT2D eigenvalue weighted by Crippen LogP contribution is 2.22. The smallest absolute Gasteiger partial charge is 0.216 e. The van der Waals surface area contributed by atoms with Gasteiger partial charge in [0.05, 0.1) is 16.3 Å². The lowest BCUT2D eigenvalue weighted by Crippen LogP contribution is -1.95. The number of halogens is 2. The minimum Gasteiger partial charge on any atom is -0.264 e. The maximum absolute atomic E-state index is 5.99. The quantitative estimate of drug-likeness (QED) is 0.569. The molecule has 8 heteroatoms. The first-order chi connectivity index (χ1) is 10.6. The van der Waals surface area contributed by atoms with Crippen LogP contribution in [0, 0.1) is 4.77 Å². The van der Waals surface area contributed by atoms with Crippen LogP contribution in [-0.2, 0) is 0 Å². The number of pyridine rings is 1. The summed E-state index contributed by atoms with van der Waals surface area (Å²) in [4.78, 5) is 4.07. The molecule has 0 saturated carbocycles. The van der Waals surface area contributed by atoms with Crippen LogP contribution in [0.4, 0.5) is 0 Å². The third kappa shape index (κ3) is 3.09. The Kier molecular flexibility index (Phi) is 4.33. The van der Waals surface area contributed by atoms with Gasteiger partial charge in [-0.3, -0.25) is 4.98 Å². The second-order valence-electron chi connectivity index (χ2n) is 4.32. The average molecular weight is 350 g/mol. The fourth-order valence-electron chi connectivity index (χ4n) is 1.80. The Morgan fingerprint density at radius 3 is 2.82 bits per heavy atom. The minimum atomic E-state index is 0.384. The molecule has 2 heterocycles. The normalized spacial score (nSPS) is 11.2. The maximum atomic E-state index is 5.99. The maximum Gasteiger partial charge on any atom is 0.216 e. The standard InChI is InChI=1S/C14H9Cl2N5S/c15-11-4-3-9(6-12(11)16)7-18-21-13(19-20-14(21)22)10-2-1-5-17-8-10/h1-8H,(H,20,22)/b18-7-. The van der Waals surface area contributed by atoms with Crippen LogP contribution in [0.5, 0.6) is 0 Å². The van der Waals surface area contributed by atoms with Crippen molar-refractivity contribution in [1.29, 1.82) is 0 Å². The monoisotopic (exact) mass is 349 g/mol. The minimum absolute atomic E-state index is 0.384. The zero-order valence-electron chi connectivity index (χ0n) is 11.1. The first-order valence-electron chi connectivity index (χ1n) is 6.22. The number of benzene rings is 1. The Labute approximate surface area is 141 Å². The zero-order valence-corrected chi connectivity index (χ0v) is 13.4. The fraction of sp³-hybridized carbons (Fsp3) is 0. The molecule has 1 aromatic carbocycles. The molecule has 0 amide bonds. The molecule has 0 radical (unpaired) electrons. The van der Waals surface area contributed by atoms with Gasteiger partial charge in [-0.05, 0) is 42.0 Å². The summed E-state index contributed by atoms with van der Waals surface area (Å²) in [6.07, 6.45) is 5.01. The second kappa shape index (κ2) is 6.39. The number of H-pyrrole nitrogens is 1. The number of hydrogen-bond acceptors (Lipinski definition) is 4. The van der Waals surface area contributed by atoms with E-state index in [0.717, 1.165) is 11.1 Å². The average Bonchev–Trinajstić information content (AvgIpc) is 2.90. The van der Waals surface area contributed by atoms with Crippen LogP contribution in [0.25, 0.3) is 11.4 Å². The van der Waals surface area contributed by atoms with E-state index in [0.29, 0.717) is 20.6 Å². The van der Waals surface area contributed by atoms with Crippen LogP contribution in [0.2, 0.25) is 10.0 Å². The van der Waals surface area contributed by atoms with Gasteiger partial charge in [-0.1, -0.05) is 29.3 Å². The summed E-state index contributed by atoms with van der Waals surface area (Å²) >= 11 is 17.1. The number of nitrogens with zero attached hydrogens (tertiary/aromatic N) is 4. The lowest BCUT2D eigenvalue weighted by atomic mass is 10.2. The van der Waals surface area contributed by atoms with Crippen molar-refractivity contribution in [2.75, 3.05) is 0 Å². The Morgan fingerprint density at radius 2 is 2.09 bits per heavy atom. The van der Waals surface area contributed by atoms with Crippen molar-refractivity contribution < 1.29 is 0 Å². The van der Waals surface area contributed by atoms with Crippen LogP contribution in [-0.4, -0.2) is 26.1 Å². The Balaban J connectivity index is 1.99. The lowest BCUT2D eigenvalue weighted by Gasteiger charge is -2.00. The van der Waals surface area contributed by atoms with Gasteiger partial charge in [0.2, 0.25) is 4.77 Å².